The number of carbonyl (C=O) groups excluding carboxylic acids is 1. The van der Waals surface area contributed by atoms with E-state index in [2.05, 4.69) is 11.4 Å². The molecule has 1 saturated heterocycles. The normalized spacial score (nSPS) is 24.3. The molecule has 160 valence electrons. The van der Waals surface area contributed by atoms with Crippen LogP contribution in [0.25, 0.3) is 0 Å². The highest BCUT2D eigenvalue weighted by Gasteiger charge is 2.48. The van der Waals surface area contributed by atoms with Crippen LogP contribution in [0.15, 0.2) is 29.3 Å². The van der Waals surface area contributed by atoms with E-state index in [-0.39, 0.29) is 5.91 Å². The van der Waals surface area contributed by atoms with E-state index in [1.807, 2.05) is 9.80 Å². The Morgan fingerprint density at radius 1 is 1.10 bits per heavy atom. The van der Waals surface area contributed by atoms with E-state index in [4.69, 9.17) is 4.99 Å². The number of nitrogens with one attached hydrogen (secondary N) is 1. The quantitative estimate of drug-likeness (QED) is 0.759. The van der Waals surface area contributed by atoms with E-state index in [1.54, 1.807) is 6.07 Å². The minimum Gasteiger partial charge on any atom is -0.368 e. The van der Waals surface area contributed by atoms with Gasteiger partial charge in [-0.15, -0.1) is 0 Å². The Balaban J connectivity index is 1.49. The molecule has 0 bridgehead atoms. The first-order valence-corrected chi connectivity index (χ1v) is 10.3. The predicted octanol–water partition coefficient (Wildman–Crippen LogP) is 3.16. The summed E-state index contributed by atoms with van der Waals surface area (Å²) in [6, 6.07) is 7.49. The number of benzene rings is 1. The molecule has 1 aromatic carbocycles. The van der Waals surface area contributed by atoms with Gasteiger partial charge in [-0.25, -0.2) is 4.99 Å². The molecule has 1 spiro atoms. The molecule has 1 unspecified atom stereocenters. The number of guanidine groups is 1. The predicted molar refractivity (Wildman–Crippen MR) is 106 cm³/mol. The van der Waals surface area contributed by atoms with Crippen molar-refractivity contribution in [2.45, 2.75) is 43.8 Å². The lowest BCUT2D eigenvalue weighted by Crippen LogP contribution is -2.60. The summed E-state index contributed by atoms with van der Waals surface area (Å²) in [5.41, 5.74) is -0.774. The van der Waals surface area contributed by atoms with Crippen molar-refractivity contribution in [3.63, 3.8) is 0 Å². The monoisotopic (exact) mass is 419 g/mol. The largest absolute Gasteiger partial charge is 0.416 e. The number of halogens is 3. The number of piperazine rings is 1. The summed E-state index contributed by atoms with van der Waals surface area (Å²) in [5, 5.41) is 12.3. The number of amides is 1. The first kappa shape index (κ1) is 20.5. The van der Waals surface area contributed by atoms with Gasteiger partial charge in [0.05, 0.1) is 17.2 Å². The van der Waals surface area contributed by atoms with Crippen LogP contribution >= 0.6 is 0 Å². The maximum absolute atomic E-state index is 13.0. The number of nitrogens with zero attached hydrogens (tertiary/aromatic N) is 4. The summed E-state index contributed by atoms with van der Waals surface area (Å²) in [5.74, 6) is -0.574. The van der Waals surface area contributed by atoms with Gasteiger partial charge in [0.2, 0.25) is 11.9 Å². The molecule has 3 aliphatic rings. The highest BCUT2D eigenvalue weighted by atomic mass is 19.4. The fraction of sp³-hybridized carbons (Fsp3) is 0.571. The number of rotatable bonds is 1. The van der Waals surface area contributed by atoms with E-state index in [0.717, 1.165) is 38.2 Å². The molecule has 2 aliphatic heterocycles. The van der Waals surface area contributed by atoms with E-state index in [9.17, 15) is 23.2 Å². The van der Waals surface area contributed by atoms with Gasteiger partial charge in [-0.05, 0) is 31.0 Å². The zero-order chi connectivity index (χ0) is 21.4. The fourth-order valence-corrected chi connectivity index (χ4v) is 4.68. The SMILES string of the molecule is N#CC1C(=O)NC(N2CCN(c3cccc(C(F)(F)F)c3)CC2)=NC12CCCCC2. The number of carbonyl (C=O) groups is 1. The summed E-state index contributed by atoms with van der Waals surface area (Å²) in [4.78, 5) is 21.3. The first-order chi connectivity index (χ1) is 14.3. The van der Waals surface area contributed by atoms with Gasteiger partial charge in [-0.2, -0.15) is 18.4 Å². The zero-order valence-electron chi connectivity index (χ0n) is 16.6. The van der Waals surface area contributed by atoms with Gasteiger partial charge in [0.25, 0.3) is 0 Å². The smallest absolute Gasteiger partial charge is 0.368 e. The zero-order valence-corrected chi connectivity index (χ0v) is 16.6. The molecule has 1 aliphatic carbocycles. The molecule has 0 aromatic heterocycles. The van der Waals surface area contributed by atoms with Gasteiger partial charge in [-0.3, -0.25) is 10.1 Å². The molecular formula is C21H24F3N5O. The number of nitriles is 1. The van der Waals surface area contributed by atoms with Crippen molar-refractivity contribution < 1.29 is 18.0 Å². The van der Waals surface area contributed by atoms with Gasteiger partial charge >= 0.3 is 6.18 Å². The highest BCUT2D eigenvalue weighted by molar-refractivity contribution is 6.02. The second-order valence-corrected chi connectivity index (χ2v) is 8.17. The van der Waals surface area contributed by atoms with Crippen LogP contribution in [0.1, 0.15) is 37.7 Å². The van der Waals surface area contributed by atoms with Crippen LogP contribution in [-0.4, -0.2) is 48.5 Å². The van der Waals surface area contributed by atoms with Crippen molar-refractivity contribution in [1.29, 1.82) is 5.26 Å². The number of hydrogen-bond donors (Lipinski definition) is 1. The minimum absolute atomic E-state index is 0.301. The Morgan fingerprint density at radius 2 is 1.77 bits per heavy atom. The van der Waals surface area contributed by atoms with Crippen LogP contribution in [0.5, 0.6) is 0 Å². The van der Waals surface area contributed by atoms with Gasteiger partial charge in [0, 0.05) is 31.9 Å². The van der Waals surface area contributed by atoms with Gasteiger partial charge in [-0.1, -0.05) is 25.3 Å². The van der Waals surface area contributed by atoms with Crippen LogP contribution in [0.2, 0.25) is 0 Å². The van der Waals surface area contributed by atoms with Crippen LogP contribution in [0.3, 0.4) is 0 Å². The molecule has 1 atom stereocenters. The van der Waals surface area contributed by atoms with Gasteiger partial charge < -0.3 is 9.80 Å². The molecular weight excluding hydrogens is 395 g/mol. The summed E-state index contributed by atoms with van der Waals surface area (Å²) >= 11 is 0. The average molecular weight is 419 g/mol. The Labute approximate surface area is 173 Å². The summed E-state index contributed by atoms with van der Waals surface area (Å²) in [6.07, 6.45) is 0.0718. The minimum atomic E-state index is -4.37. The molecule has 30 heavy (non-hydrogen) atoms. The molecule has 1 saturated carbocycles. The number of hydrogen-bond acceptors (Lipinski definition) is 5. The Hall–Kier alpha value is -2.76. The van der Waals surface area contributed by atoms with E-state index >= 15 is 0 Å². The van der Waals surface area contributed by atoms with E-state index in [1.165, 1.54) is 12.1 Å². The van der Waals surface area contributed by atoms with Crippen molar-refractivity contribution in [3.8, 4) is 6.07 Å². The molecule has 4 rings (SSSR count). The van der Waals surface area contributed by atoms with Crippen LogP contribution in [0.4, 0.5) is 18.9 Å². The second kappa shape index (κ2) is 7.82. The molecule has 2 fully saturated rings. The molecule has 1 aromatic rings. The van der Waals surface area contributed by atoms with Gasteiger partial charge in [0.1, 0.15) is 0 Å². The fourth-order valence-electron chi connectivity index (χ4n) is 4.68. The molecule has 2 heterocycles. The summed E-state index contributed by atoms with van der Waals surface area (Å²) < 4.78 is 39.0. The summed E-state index contributed by atoms with van der Waals surface area (Å²) in [6.45, 7) is 2.10. The van der Waals surface area contributed by atoms with Crippen LogP contribution in [-0.2, 0) is 11.0 Å². The first-order valence-electron chi connectivity index (χ1n) is 10.3. The standard InChI is InChI=1S/C21H24F3N5O/c22-21(23,24)15-5-4-6-16(13-15)28-9-11-29(12-10-28)19-26-18(30)17(14-25)20(27-19)7-2-1-3-8-20/h4-6,13,17H,1-3,7-12H2,(H,26,27,30). The Kier molecular flexibility index (Phi) is 5.35. The molecule has 0 radical (unpaired) electrons. The lowest BCUT2D eigenvalue weighted by molar-refractivity contribution is -0.137. The third kappa shape index (κ3) is 3.83. The van der Waals surface area contributed by atoms with Gasteiger partial charge in [0.15, 0.2) is 5.92 Å². The maximum Gasteiger partial charge on any atom is 0.416 e. The van der Waals surface area contributed by atoms with Crippen LogP contribution in [0, 0.1) is 17.2 Å². The Bertz CT molecular complexity index is 877. The number of anilines is 1. The van der Waals surface area contributed by atoms with Crippen molar-refractivity contribution in [1.82, 2.24) is 10.2 Å². The van der Waals surface area contributed by atoms with Crippen LogP contribution < -0.4 is 10.2 Å². The molecule has 1 N–H and O–H groups in total. The third-order valence-electron chi connectivity index (χ3n) is 6.33. The Morgan fingerprint density at radius 3 is 2.40 bits per heavy atom. The van der Waals surface area contributed by atoms with Crippen molar-refractivity contribution in [2.24, 2.45) is 10.9 Å². The number of aliphatic imine (C=N–C) groups is 1. The molecule has 6 nitrogen and oxygen atoms in total. The lowest BCUT2D eigenvalue weighted by atomic mass is 9.72. The maximum atomic E-state index is 13.0. The topological polar surface area (TPSA) is 71.7 Å². The van der Waals surface area contributed by atoms with Crippen molar-refractivity contribution in [3.05, 3.63) is 29.8 Å². The highest BCUT2D eigenvalue weighted by Crippen LogP contribution is 2.40. The lowest BCUT2D eigenvalue weighted by Gasteiger charge is -2.44. The average Bonchev–Trinajstić information content (AvgIpc) is 2.74. The van der Waals surface area contributed by atoms with Crippen molar-refractivity contribution >= 4 is 17.6 Å². The van der Waals surface area contributed by atoms with E-state index in [0.29, 0.717) is 37.8 Å². The molecule has 1 amide bonds. The van der Waals surface area contributed by atoms with E-state index < -0.39 is 23.2 Å². The molecule has 9 heteroatoms. The third-order valence-corrected chi connectivity index (χ3v) is 6.33. The van der Waals surface area contributed by atoms with Crippen molar-refractivity contribution in [2.75, 3.05) is 31.1 Å². The second-order valence-electron chi connectivity index (χ2n) is 8.17. The number of alkyl halides is 3. The summed E-state index contributed by atoms with van der Waals surface area (Å²) in [7, 11) is 0.